The van der Waals surface area contributed by atoms with Crippen molar-refractivity contribution in [1.82, 2.24) is 31.3 Å². The number of likely N-dealkylation sites (N-methyl/N-ethyl adjacent to an activating group) is 1. The van der Waals surface area contributed by atoms with Gasteiger partial charge in [0.2, 0.25) is 17.7 Å². The van der Waals surface area contributed by atoms with Crippen molar-refractivity contribution in [2.45, 2.75) is 56.9 Å². The summed E-state index contributed by atoms with van der Waals surface area (Å²) in [6, 6.07) is -2.01. The van der Waals surface area contributed by atoms with Gasteiger partial charge in [-0.15, -0.1) is 28.2 Å². The molecule has 0 aliphatic rings. The Balaban J connectivity index is 4.06. The first-order valence-electron chi connectivity index (χ1n) is 16.7. The summed E-state index contributed by atoms with van der Waals surface area (Å²) in [6.07, 6.45) is -2.68. The number of carboxylic acids is 2. The van der Waals surface area contributed by atoms with E-state index >= 15 is 0 Å². The van der Waals surface area contributed by atoms with Gasteiger partial charge in [-0.05, 0) is 20.4 Å². The minimum absolute atomic E-state index is 0.0282. The number of hydrogen-bond donors (Lipinski definition) is 10. The van der Waals surface area contributed by atoms with E-state index in [2.05, 4.69) is 31.3 Å². The average molecular weight is 819 g/mol. The van der Waals surface area contributed by atoms with E-state index in [-0.39, 0.29) is 86.1 Å². The molecule has 0 aliphatic heterocycles. The van der Waals surface area contributed by atoms with Gasteiger partial charge in [0.25, 0.3) is 5.91 Å². The number of aliphatic carboxylic acids is 2. The van der Waals surface area contributed by atoms with Crippen LogP contribution in [0.5, 0.6) is 0 Å². The number of aliphatic hydroxyl groups excluding tert-OH is 2. The topological polar surface area (TPSA) is 314 Å². The van der Waals surface area contributed by atoms with Gasteiger partial charge in [-0.25, -0.2) is 4.79 Å². The van der Waals surface area contributed by atoms with Crippen molar-refractivity contribution in [2.24, 2.45) is 0 Å². The van der Waals surface area contributed by atoms with Crippen LogP contribution in [0.1, 0.15) is 32.6 Å². The molecule has 0 radical (unpaired) electrons. The van der Waals surface area contributed by atoms with Gasteiger partial charge in [0, 0.05) is 75.0 Å². The third kappa shape index (κ3) is 28.4. The monoisotopic (exact) mass is 818 g/mol. The number of carbonyl (C=O) groups excluding carboxylic acids is 5. The molecule has 0 heterocycles. The lowest BCUT2D eigenvalue weighted by molar-refractivity contribution is -0.141. The standard InChI is InChI=1S/C30H54N6O14S3/c1-20(37)4-13-49-11-3-12-50-14-5-24(39)36-22(30(46)47)17-52-19-25(40)32-7-8-34-28(43)27(42)23(38)6-15-53(48)35-10-9-33-26(41)18-51-16-21(31-2)29(44)45/h21-23,27,31,35,38,42H,3-19H2,1-2H3,(H,32,40)(H,33,41)(H,34,43)(H,36,39)(H,44,45)(H,46,47)/t21?,22?,23-,27+,53?/m1/s1. The number of aliphatic hydroxyl groups is 2. The van der Waals surface area contributed by atoms with Gasteiger partial charge in [0.1, 0.15) is 23.6 Å². The third-order valence-corrected chi connectivity index (χ3v) is 9.86. The van der Waals surface area contributed by atoms with Crippen molar-refractivity contribution >= 4 is 76.2 Å². The zero-order valence-electron chi connectivity index (χ0n) is 29.9. The summed E-state index contributed by atoms with van der Waals surface area (Å²) < 4.78 is 25.3. The van der Waals surface area contributed by atoms with Gasteiger partial charge >= 0.3 is 11.9 Å². The highest BCUT2D eigenvalue weighted by atomic mass is 32.2. The molecule has 23 heteroatoms. The first-order chi connectivity index (χ1) is 25.2. The van der Waals surface area contributed by atoms with Crippen LogP contribution in [-0.2, 0) is 54.4 Å². The summed E-state index contributed by atoms with van der Waals surface area (Å²) in [5, 5.41) is 51.0. The second-order valence-electron chi connectivity index (χ2n) is 11.2. The molecule has 306 valence electrons. The van der Waals surface area contributed by atoms with Crippen molar-refractivity contribution < 1.29 is 68.0 Å². The van der Waals surface area contributed by atoms with Crippen LogP contribution in [0.15, 0.2) is 0 Å². The molecule has 0 aromatic heterocycles. The Kier molecular flexibility index (Phi) is 30.0. The second-order valence-corrected chi connectivity index (χ2v) is 14.6. The number of ether oxygens (including phenoxy) is 2. The highest BCUT2D eigenvalue weighted by Gasteiger charge is 2.26. The van der Waals surface area contributed by atoms with Gasteiger partial charge in [0.15, 0.2) is 6.10 Å². The highest BCUT2D eigenvalue weighted by molar-refractivity contribution is 8.00. The number of carboxylic acid groups (broad SMARTS) is 2. The maximum absolute atomic E-state index is 12.2. The first kappa shape index (κ1) is 50.3. The quantitative estimate of drug-likeness (QED) is 0.0220. The van der Waals surface area contributed by atoms with Gasteiger partial charge in [-0.2, -0.15) is 0 Å². The Bertz CT molecular complexity index is 1130. The molecule has 3 unspecified atom stereocenters. The Labute approximate surface area is 320 Å². The Morgan fingerprint density at radius 2 is 1.26 bits per heavy atom. The van der Waals surface area contributed by atoms with Crippen LogP contribution in [0.25, 0.3) is 0 Å². The Hall–Kier alpha value is -2.74. The minimum atomic E-state index is -1.82. The number of hydrogen-bond acceptors (Lipinski definition) is 16. The van der Waals surface area contributed by atoms with Crippen LogP contribution >= 0.6 is 23.5 Å². The largest absolute Gasteiger partial charge is 0.598 e. The average Bonchev–Trinajstić information content (AvgIpc) is 3.10. The molecular formula is C30H54N6O14S3. The molecular weight excluding hydrogens is 765 g/mol. The number of nitrogens with one attached hydrogen (secondary N) is 6. The molecule has 0 spiro atoms. The van der Waals surface area contributed by atoms with Crippen molar-refractivity contribution in [2.75, 3.05) is 88.4 Å². The molecule has 0 aromatic rings. The van der Waals surface area contributed by atoms with Crippen LogP contribution in [0.4, 0.5) is 0 Å². The smallest absolute Gasteiger partial charge is 0.327 e. The van der Waals surface area contributed by atoms with Crippen molar-refractivity contribution in [3.8, 4) is 0 Å². The van der Waals surface area contributed by atoms with E-state index in [0.717, 1.165) is 23.5 Å². The molecule has 0 saturated heterocycles. The fourth-order valence-electron chi connectivity index (χ4n) is 3.70. The summed E-state index contributed by atoms with van der Waals surface area (Å²) in [5.74, 6) is -4.55. The van der Waals surface area contributed by atoms with Crippen LogP contribution in [-0.4, -0.2) is 179 Å². The summed E-state index contributed by atoms with van der Waals surface area (Å²) in [5.41, 5.74) is 0. The molecule has 10 N–H and O–H groups in total. The highest BCUT2D eigenvalue weighted by Crippen LogP contribution is 2.05. The van der Waals surface area contributed by atoms with Gasteiger partial charge in [0.05, 0.1) is 37.4 Å². The summed E-state index contributed by atoms with van der Waals surface area (Å²) >= 11 is 0.486. The number of rotatable bonds is 34. The van der Waals surface area contributed by atoms with E-state index in [4.69, 9.17) is 14.6 Å². The molecule has 0 saturated carbocycles. The molecule has 0 aromatic carbocycles. The fourth-order valence-corrected chi connectivity index (χ4v) is 6.45. The van der Waals surface area contributed by atoms with E-state index in [1.807, 2.05) is 0 Å². The van der Waals surface area contributed by atoms with Crippen LogP contribution in [0.3, 0.4) is 0 Å². The minimum Gasteiger partial charge on any atom is -0.598 e. The molecule has 0 bridgehead atoms. The molecule has 53 heavy (non-hydrogen) atoms. The molecule has 20 nitrogen and oxygen atoms in total. The third-order valence-electron chi connectivity index (χ3n) is 6.65. The molecule has 5 atom stereocenters. The van der Waals surface area contributed by atoms with E-state index in [1.165, 1.54) is 14.0 Å². The lowest BCUT2D eigenvalue weighted by atomic mass is 10.1. The second kappa shape index (κ2) is 31.6. The van der Waals surface area contributed by atoms with E-state index < -0.39 is 65.3 Å². The summed E-state index contributed by atoms with van der Waals surface area (Å²) in [4.78, 5) is 81.5. The lowest BCUT2D eigenvalue weighted by Crippen LogP contribution is -2.45. The first-order valence-corrected chi connectivity index (χ1v) is 20.3. The Morgan fingerprint density at radius 1 is 0.736 bits per heavy atom. The summed E-state index contributed by atoms with van der Waals surface area (Å²) in [6.45, 7) is 2.80. The van der Waals surface area contributed by atoms with Crippen LogP contribution < -0.4 is 31.3 Å². The normalized spacial score (nSPS) is 13.9. The SMILES string of the molecule is CNC(CSCC(=O)NCCN[S+]([O-])CC[C@@H](O)[C@H](O)C(=O)NCCNC(=O)CSCC(NC(=O)CCOCCCOCCC(C)=O)C(=O)O)C(=O)O. The number of ketones is 1. The van der Waals surface area contributed by atoms with Crippen LogP contribution in [0, 0.1) is 0 Å². The zero-order valence-corrected chi connectivity index (χ0v) is 32.4. The molecule has 0 rings (SSSR count). The van der Waals surface area contributed by atoms with Crippen LogP contribution in [0.2, 0.25) is 0 Å². The van der Waals surface area contributed by atoms with Gasteiger partial charge in [-0.1, -0.05) is 0 Å². The number of Topliss-reactive ketones (excluding diaryl/α,β-unsaturated/α-hetero) is 1. The van der Waals surface area contributed by atoms with E-state index in [1.54, 1.807) is 0 Å². The van der Waals surface area contributed by atoms with E-state index in [9.17, 15) is 53.4 Å². The predicted molar refractivity (Wildman–Crippen MR) is 198 cm³/mol. The maximum Gasteiger partial charge on any atom is 0.327 e. The van der Waals surface area contributed by atoms with Crippen molar-refractivity contribution in [1.29, 1.82) is 0 Å². The van der Waals surface area contributed by atoms with Gasteiger partial charge in [-0.3, -0.25) is 28.8 Å². The number of carbonyl (C=O) groups is 7. The van der Waals surface area contributed by atoms with Gasteiger partial charge < -0.3 is 61.0 Å². The molecule has 0 fully saturated rings. The number of amides is 4. The Morgan fingerprint density at radius 3 is 1.81 bits per heavy atom. The zero-order chi connectivity index (χ0) is 40.0. The maximum atomic E-state index is 12.2. The van der Waals surface area contributed by atoms with E-state index in [0.29, 0.717) is 32.7 Å². The number of thioether (sulfide) groups is 2. The lowest BCUT2D eigenvalue weighted by Gasteiger charge is -2.18. The summed E-state index contributed by atoms with van der Waals surface area (Å²) in [7, 11) is 1.51. The molecule has 0 aliphatic carbocycles. The fraction of sp³-hybridized carbons (Fsp3) is 0.767. The predicted octanol–water partition coefficient (Wildman–Crippen LogP) is -3.80. The van der Waals surface area contributed by atoms with Crippen molar-refractivity contribution in [3.05, 3.63) is 0 Å². The molecule has 4 amide bonds. The van der Waals surface area contributed by atoms with Crippen molar-refractivity contribution in [3.63, 3.8) is 0 Å².